The Hall–Kier alpha value is -1.20. The van der Waals surface area contributed by atoms with Gasteiger partial charge in [-0.05, 0) is 37.9 Å². The Morgan fingerprint density at radius 2 is 1.75 bits per heavy atom. The second-order valence-corrected chi connectivity index (χ2v) is 7.55. The number of nitrogens with zero attached hydrogens (tertiary/aromatic N) is 1. The summed E-state index contributed by atoms with van der Waals surface area (Å²) >= 11 is 13.8. The van der Waals surface area contributed by atoms with Gasteiger partial charge in [-0.1, -0.05) is 59.2 Å². The Morgan fingerprint density at radius 3 is 2.42 bits per heavy atom. The smallest absolute Gasteiger partial charge is 0.193 e. The van der Waals surface area contributed by atoms with Gasteiger partial charge < -0.3 is 10.2 Å². The van der Waals surface area contributed by atoms with E-state index in [1.807, 2.05) is 38.4 Å². The van der Waals surface area contributed by atoms with Gasteiger partial charge in [0.15, 0.2) is 5.12 Å². The molecule has 128 valence electrons. The van der Waals surface area contributed by atoms with Gasteiger partial charge in [0, 0.05) is 24.4 Å². The molecular weight excluding hydrogens is 363 g/mol. The number of carbonyl (C=O) groups is 1. The molecule has 1 N–H and O–H groups in total. The monoisotopic (exact) mass is 382 g/mol. The topological polar surface area (TPSA) is 32.3 Å². The minimum Gasteiger partial charge on any atom is -0.353 e. The number of nitrogens with one attached hydrogen (secondary N) is 1. The van der Waals surface area contributed by atoms with Crippen LogP contribution in [-0.2, 0) is 11.2 Å². The molecule has 2 rings (SSSR count). The van der Waals surface area contributed by atoms with Gasteiger partial charge in [-0.3, -0.25) is 4.79 Å². The van der Waals surface area contributed by atoms with Crippen LogP contribution in [0.5, 0.6) is 0 Å². The molecule has 0 amide bonds. The third kappa shape index (κ3) is 5.71. The van der Waals surface area contributed by atoms with Crippen molar-refractivity contribution in [3.63, 3.8) is 0 Å². The molecule has 0 fully saturated rings. The molecule has 0 spiro atoms. The molecule has 2 aromatic rings. The number of benzene rings is 2. The molecule has 0 aliphatic heterocycles. The maximum Gasteiger partial charge on any atom is 0.193 e. The lowest BCUT2D eigenvalue weighted by molar-refractivity contribution is -0.110. The highest BCUT2D eigenvalue weighted by Crippen LogP contribution is 2.33. The normalized spacial score (nSPS) is 10.9. The van der Waals surface area contributed by atoms with Crippen molar-refractivity contribution in [2.45, 2.75) is 6.42 Å². The van der Waals surface area contributed by atoms with Crippen LogP contribution in [0.3, 0.4) is 0 Å². The van der Waals surface area contributed by atoms with Gasteiger partial charge in [-0.15, -0.1) is 0 Å². The molecule has 0 atom stereocenters. The summed E-state index contributed by atoms with van der Waals surface area (Å²) in [5, 5.41) is 4.50. The molecule has 0 aliphatic rings. The summed E-state index contributed by atoms with van der Waals surface area (Å²) in [6.45, 7) is 0.880. The van der Waals surface area contributed by atoms with Crippen molar-refractivity contribution in [2.75, 3.05) is 31.7 Å². The van der Waals surface area contributed by atoms with Crippen molar-refractivity contribution in [3.05, 3.63) is 58.1 Å². The zero-order chi connectivity index (χ0) is 17.5. The van der Waals surface area contributed by atoms with Crippen LogP contribution >= 0.6 is 35.0 Å². The van der Waals surface area contributed by atoms with Crippen LogP contribution in [0.1, 0.15) is 5.56 Å². The Balaban J connectivity index is 2.09. The lowest BCUT2D eigenvalue weighted by atomic mass is 10.1. The summed E-state index contributed by atoms with van der Waals surface area (Å²) in [6, 6.07) is 13.1. The van der Waals surface area contributed by atoms with Crippen molar-refractivity contribution in [3.8, 4) is 0 Å². The van der Waals surface area contributed by atoms with Crippen LogP contribution in [0.15, 0.2) is 42.5 Å². The van der Waals surface area contributed by atoms with Gasteiger partial charge in [0.1, 0.15) is 0 Å². The number of anilines is 2. The largest absolute Gasteiger partial charge is 0.353 e. The van der Waals surface area contributed by atoms with Crippen LogP contribution in [-0.4, -0.2) is 36.4 Å². The van der Waals surface area contributed by atoms with E-state index in [2.05, 4.69) is 10.2 Å². The van der Waals surface area contributed by atoms with Gasteiger partial charge in [0.2, 0.25) is 0 Å². The molecule has 0 radical (unpaired) electrons. The average Bonchev–Trinajstić information content (AvgIpc) is 2.52. The minimum absolute atomic E-state index is 0.149. The van der Waals surface area contributed by atoms with Crippen LogP contribution in [0, 0.1) is 0 Å². The quantitative estimate of drug-likeness (QED) is 0.721. The van der Waals surface area contributed by atoms with Gasteiger partial charge in [0.05, 0.1) is 15.7 Å². The molecule has 0 unspecified atom stereocenters. The predicted octanol–water partition coefficient (Wildman–Crippen LogP) is 5.10. The first-order chi connectivity index (χ1) is 11.5. The van der Waals surface area contributed by atoms with Gasteiger partial charge in [-0.2, -0.15) is 0 Å². The fraction of sp³-hybridized carbons (Fsp3) is 0.278. The molecule has 6 heteroatoms. The maximum atomic E-state index is 12.2. The first-order valence-corrected chi connectivity index (χ1v) is 9.31. The van der Waals surface area contributed by atoms with Crippen LogP contribution in [0.2, 0.25) is 10.0 Å². The first-order valence-electron chi connectivity index (χ1n) is 7.56. The van der Waals surface area contributed by atoms with E-state index in [9.17, 15) is 4.79 Å². The summed E-state index contributed by atoms with van der Waals surface area (Å²) in [5.74, 6) is 0.789. The molecular formula is C18H20Cl2N2OS. The summed E-state index contributed by atoms with van der Waals surface area (Å²) < 4.78 is 0. The molecule has 2 aromatic carbocycles. The number of carbonyl (C=O) groups excluding carboxylic acids is 1. The van der Waals surface area contributed by atoms with Gasteiger partial charge in [0.25, 0.3) is 0 Å². The number of halogens is 2. The Bertz CT molecular complexity index is 687. The molecule has 0 aromatic heterocycles. The zero-order valence-electron chi connectivity index (χ0n) is 13.7. The van der Waals surface area contributed by atoms with Crippen LogP contribution in [0.4, 0.5) is 11.4 Å². The molecule has 0 heterocycles. The van der Waals surface area contributed by atoms with Crippen molar-refractivity contribution >= 4 is 51.5 Å². The minimum atomic E-state index is 0.149. The molecule has 0 bridgehead atoms. The fourth-order valence-electron chi connectivity index (χ4n) is 2.10. The zero-order valence-corrected chi connectivity index (χ0v) is 16.0. The second-order valence-electron chi connectivity index (χ2n) is 5.58. The Labute approximate surface area is 157 Å². The van der Waals surface area contributed by atoms with Crippen molar-refractivity contribution in [1.29, 1.82) is 0 Å². The highest BCUT2D eigenvalue weighted by Gasteiger charge is 2.11. The maximum absolute atomic E-state index is 12.2. The predicted molar refractivity (Wildman–Crippen MR) is 106 cm³/mol. The molecule has 3 nitrogen and oxygen atoms in total. The Kier molecular flexibility index (Phi) is 7.43. The van der Waals surface area contributed by atoms with E-state index < -0.39 is 0 Å². The summed E-state index contributed by atoms with van der Waals surface area (Å²) in [6.07, 6.45) is 0.364. The van der Waals surface area contributed by atoms with Gasteiger partial charge in [-0.25, -0.2) is 0 Å². The van der Waals surface area contributed by atoms with Crippen LogP contribution < -0.4 is 5.32 Å². The molecule has 24 heavy (non-hydrogen) atoms. The summed E-state index contributed by atoms with van der Waals surface area (Å²) in [7, 11) is 4.00. The first kappa shape index (κ1) is 19.1. The van der Waals surface area contributed by atoms with Crippen molar-refractivity contribution in [2.24, 2.45) is 0 Å². The number of hydrogen-bond acceptors (Lipinski definition) is 4. The van der Waals surface area contributed by atoms with Crippen molar-refractivity contribution in [1.82, 2.24) is 4.90 Å². The van der Waals surface area contributed by atoms with E-state index in [0.717, 1.165) is 23.5 Å². The fourth-order valence-corrected chi connectivity index (χ4v) is 3.53. The Morgan fingerprint density at radius 1 is 1.08 bits per heavy atom. The van der Waals surface area contributed by atoms with Crippen molar-refractivity contribution < 1.29 is 4.79 Å². The molecule has 0 saturated heterocycles. The SMILES string of the molecule is CN(C)CCSC(=O)Cc1ccccc1Nc1c(Cl)cccc1Cl. The number of thioether (sulfide) groups is 1. The lowest BCUT2D eigenvalue weighted by Gasteiger charge is -2.14. The third-order valence-corrected chi connectivity index (χ3v) is 4.86. The average molecular weight is 383 g/mol. The molecule has 0 aliphatic carbocycles. The van der Waals surface area contributed by atoms with E-state index in [1.165, 1.54) is 11.8 Å². The van der Waals surface area contributed by atoms with Gasteiger partial charge >= 0.3 is 0 Å². The van der Waals surface area contributed by atoms with E-state index in [-0.39, 0.29) is 5.12 Å². The van der Waals surface area contributed by atoms with E-state index in [1.54, 1.807) is 18.2 Å². The van der Waals surface area contributed by atoms with E-state index >= 15 is 0 Å². The van der Waals surface area contributed by atoms with E-state index in [0.29, 0.717) is 22.2 Å². The molecule has 0 saturated carbocycles. The summed E-state index contributed by atoms with van der Waals surface area (Å²) in [5.41, 5.74) is 2.42. The standard InChI is InChI=1S/C18H20Cl2N2OS/c1-22(2)10-11-24-17(23)12-13-6-3-4-9-16(13)21-18-14(19)7-5-8-15(18)20/h3-9,21H,10-12H2,1-2H3. The highest BCUT2D eigenvalue weighted by atomic mass is 35.5. The second kappa shape index (κ2) is 9.33. The highest BCUT2D eigenvalue weighted by molar-refractivity contribution is 8.13. The van der Waals surface area contributed by atoms with Crippen LogP contribution in [0.25, 0.3) is 0 Å². The lowest BCUT2D eigenvalue weighted by Crippen LogP contribution is -2.16. The number of hydrogen-bond donors (Lipinski definition) is 1. The van der Waals surface area contributed by atoms with E-state index in [4.69, 9.17) is 23.2 Å². The summed E-state index contributed by atoms with van der Waals surface area (Å²) in [4.78, 5) is 14.3. The number of para-hydroxylation sites is 2. The number of rotatable bonds is 7. The third-order valence-electron chi connectivity index (χ3n) is 3.38.